The minimum Gasteiger partial charge on any atom is -0.371 e. The molecule has 3 nitrogen and oxygen atoms in total. The fourth-order valence-electron chi connectivity index (χ4n) is 4.43. The largest absolute Gasteiger partial charge is 0.371 e. The Morgan fingerprint density at radius 2 is 1.72 bits per heavy atom. The summed E-state index contributed by atoms with van der Waals surface area (Å²) >= 11 is 6.01. The van der Waals surface area contributed by atoms with E-state index in [0.717, 1.165) is 68.2 Å². The third-order valence-corrected chi connectivity index (χ3v) is 6.37. The predicted octanol–water partition coefficient (Wildman–Crippen LogP) is 5.35. The van der Waals surface area contributed by atoms with Crippen molar-refractivity contribution < 1.29 is 4.79 Å². The Kier molecular flexibility index (Phi) is 5.93. The van der Waals surface area contributed by atoms with Crippen LogP contribution in [0.15, 0.2) is 24.3 Å². The number of halogens is 1. The van der Waals surface area contributed by atoms with Gasteiger partial charge in [-0.3, -0.25) is 4.79 Å². The maximum Gasteiger partial charge on any atom is 0.248 e. The van der Waals surface area contributed by atoms with E-state index in [9.17, 15) is 4.79 Å². The van der Waals surface area contributed by atoms with E-state index >= 15 is 0 Å². The van der Waals surface area contributed by atoms with Gasteiger partial charge in [0.15, 0.2) is 0 Å². The predicted molar refractivity (Wildman–Crippen MR) is 105 cm³/mol. The summed E-state index contributed by atoms with van der Waals surface area (Å²) in [6.45, 7) is 6.41. The molecule has 1 aromatic rings. The number of carbonyl (C=O) groups is 1. The maximum atomic E-state index is 13.5. The minimum absolute atomic E-state index is 0.310. The zero-order valence-electron chi connectivity index (χ0n) is 15.6. The van der Waals surface area contributed by atoms with Gasteiger partial charge in [0.1, 0.15) is 5.54 Å². The number of amides is 1. The summed E-state index contributed by atoms with van der Waals surface area (Å²) in [7, 11) is 0. The Balaban J connectivity index is 1.73. The molecular weight excluding hydrogens is 332 g/mol. The number of rotatable bonds is 4. The molecule has 1 amide bonds. The van der Waals surface area contributed by atoms with Crippen molar-refractivity contribution in [1.82, 2.24) is 4.90 Å². The van der Waals surface area contributed by atoms with Gasteiger partial charge in [0.05, 0.1) is 0 Å². The Morgan fingerprint density at radius 3 is 2.28 bits per heavy atom. The molecule has 138 valence electrons. The summed E-state index contributed by atoms with van der Waals surface area (Å²) in [5, 5.41) is 4.33. The average molecular weight is 363 g/mol. The molecule has 25 heavy (non-hydrogen) atoms. The summed E-state index contributed by atoms with van der Waals surface area (Å²) in [6, 6.07) is 7.74. The fraction of sp³-hybridized carbons (Fsp3) is 0.667. The van der Waals surface area contributed by atoms with Gasteiger partial charge in [-0.25, -0.2) is 0 Å². The quantitative estimate of drug-likeness (QED) is 0.783. The summed E-state index contributed by atoms with van der Waals surface area (Å²) in [6.07, 6.45) is 7.61. The molecule has 0 radical (unpaired) electrons. The van der Waals surface area contributed by atoms with Crippen molar-refractivity contribution in [2.45, 2.75) is 64.3 Å². The van der Waals surface area contributed by atoms with Crippen LogP contribution in [0.25, 0.3) is 0 Å². The van der Waals surface area contributed by atoms with Gasteiger partial charge in [0.25, 0.3) is 0 Å². The monoisotopic (exact) mass is 362 g/mol. The first-order valence-corrected chi connectivity index (χ1v) is 10.2. The molecule has 4 heteroatoms. The zero-order chi connectivity index (χ0) is 17.9. The number of benzene rings is 1. The third-order valence-electron chi connectivity index (χ3n) is 6.11. The molecule has 1 saturated carbocycles. The Hall–Kier alpha value is -1.22. The molecule has 1 aromatic carbocycles. The standard InChI is InChI=1S/C21H31ClN2O/c1-16(2)17-10-14-24(15-11-17)20(25)21(12-4-3-5-13-21)23-19-8-6-18(22)7-9-19/h6-9,16-17,23H,3-5,10-15H2,1-2H3. The number of nitrogens with zero attached hydrogens (tertiary/aromatic N) is 1. The van der Waals surface area contributed by atoms with Crippen LogP contribution < -0.4 is 5.32 Å². The first-order valence-electron chi connectivity index (χ1n) is 9.83. The van der Waals surface area contributed by atoms with Crippen molar-refractivity contribution >= 4 is 23.2 Å². The van der Waals surface area contributed by atoms with E-state index in [1.165, 1.54) is 6.42 Å². The fourth-order valence-corrected chi connectivity index (χ4v) is 4.56. The van der Waals surface area contributed by atoms with Crippen LogP contribution in [-0.2, 0) is 4.79 Å². The number of likely N-dealkylation sites (tertiary alicyclic amines) is 1. The maximum absolute atomic E-state index is 13.5. The van der Waals surface area contributed by atoms with Crippen LogP contribution in [0.4, 0.5) is 5.69 Å². The molecule has 0 atom stereocenters. The lowest BCUT2D eigenvalue weighted by Crippen LogP contribution is -2.56. The van der Waals surface area contributed by atoms with Crippen LogP contribution in [0, 0.1) is 11.8 Å². The molecule has 1 N–H and O–H groups in total. The van der Waals surface area contributed by atoms with Gasteiger partial charge < -0.3 is 10.2 Å². The summed E-state index contributed by atoms with van der Waals surface area (Å²) in [4.78, 5) is 15.6. The molecule has 0 aromatic heterocycles. The molecular formula is C21H31ClN2O. The first-order chi connectivity index (χ1) is 12.0. The van der Waals surface area contributed by atoms with Crippen LogP contribution in [0.1, 0.15) is 58.8 Å². The van der Waals surface area contributed by atoms with Crippen LogP contribution in [-0.4, -0.2) is 29.4 Å². The van der Waals surface area contributed by atoms with Crippen molar-refractivity contribution in [1.29, 1.82) is 0 Å². The number of nitrogens with one attached hydrogen (secondary N) is 1. The van der Waals surface area contributed by atoms with Crippen molar-refractivity contribution in [3.8, 4) is 0 Å². The lowest BCUT2D eigenvalue weighted by atomic mass is 9.79. The van der Waals surface area contributed by atoms with Gasteiger partial charge >= 0.3 is 0 Å². The van der Waals surface area contributed by atoms with Crippen molar-refractivity contribution in [3.05, 3.63) is 29.3 Å². The van der Waals surface area contributed by atoms with Crippen molar-refractivity contribution in [2.24, 2.45) is 11.8 Å². The van der Waals surface area contributed by atoms with Gasteiger partial charge in [0.2, 0.25) is 5.91 Å². The summed E-state index contributed by atoms with van der Waals surface area (Å²) in [5.41, 5.74) is 0.563. The summed E-state index contributed by atoms with van der Waals surface area (Å²) in [5.74, 6) is 1.79. The highest BCUT2D eigenvalue weighted by Crippen LogP contribution is 2.35. The second kappa shape index (κ2) is 7.99. The van der Waals surface area contributed by atoms with E-state index in [0.29, 0.717) is 11.8 Å². The lowest BCUT2D eigenvalue weighted by Gasteiger charge is -2.43. The molecule has 2 aliphatic rings. The van der Waals surface area contributed by atoms with Crippen LogP contribution in [0.2, 0.25) is 5.02 Å². The Bertz CT molecular complexity index is 570. The summed E-state index contributed by atoms with van der Waals surface area (Å²) < 4.78 is 0. The Morgan fingerprint density at radius 1 is 1.12 bits per heavy atom. The lowest BCUT2D eigenvalue weighted by molar-refractivity contribution is -0.138. The molecule has 0 unspecified atom stereocenters. The number of piperidine rings is 1. The SMILES string of the molecule is CC(C)C1CCN(C(=O)C2(Nc3ccc(Cl)cc3)CCCCC2)CC1. The van der Waals surface area contributed by atoms with Crippen LogP contribution >= 0.6 is 11.6 Å². The van der Waals surface area contributed by atoms with Gasteiger partial charge in [0, 0.05) is 23.8 Å². The normalized spacial score (nSPS) is 21.4. The Labute approximate surface area is 157 Å². The van der Waals surface area contributed by atoms with Gasteiger partial charge in [-0.1, -0.05) is 44.7 Å². The second-order valence-corrected chi connectivity index (χ2v) is 8.58. The van der Waals surface area contributed by atoms with E-state index < -0.39 is 5.54 Å². The van der Waals surface area contributed by atoms with E-state index in [1.54, 1.807) is 0 Å². The molecule has 0 bridgehead atoms. The van der Waals surface area contributed by atoms with Crippen LogP contribution in [0.5, 0.6) is 0 Å². The van der Waals surface area contributed by atoms with Gasteiger partial charge in [-0.2, -0.15) is 0 Å². The molecule has 2 fully saturated rings. The molecule has 1 saturated heterocycles. The smallest absolute Gasteiger partial charge is 0.248 e. The second-order valence-electron chi connectivity index (χ2n) is 8.15. The van der Waals surface area contributed by atoms with Gasteiger partial charge in [-0.15, -0.1) is 0 Å². The number of hydrogen-bond acceptors (Lipinski definition) is 2. The van der Waals surface area contributed by atoms with Gasteiger partial charge in [-0.05, 0) is 61.8 Å². The van der Waals surface area contributed by atoms with Crippen LogP contribution in [0.3, 0.4) is 0 Å². The minimum atomic E-state index is -0.434. The third kappa shape index (κ3) is 4.31. The molecule has 1 aliphatic heterocycles. The molecule has 0 spiro atoms. The number of anilines is 1. The van der Waals surface area contributed by atoms with E-state index in [4.69, 9.17) is 11.6 Å². The van der Waals surface area contributed by atoms with E-state index in [1.807, 2.05) is 24.3 Å². The average Bonchev–Trinajstić information content (AvgIpc) is 2.64. The topological polar surface area (TPSA) is 32.3 Å². The number of carbonyl (C=O) groups excluding carboxylic acids is 1. The molecule has 1 heterocycles. The zero-order valence-corrected chi connectivity index (χ0v) is 16.3. The number of hydrogen-bond donors (Lipinski definition) is 1. The van der Waals surface area contributed by atoms with E-state index in [-0.39, 0.29) is 0 Å². The van der Waals surface area contributed by atoms with E-state index in [2.05, 4.69) is 24.1 Å². The van der Waals surface area contributed by atoms with Crippen molar-refractivity contribution in [3.63, 3.8) is 0 Å². The van der Waals surface area contributed by atoms with Crippen molar-refractivity contribution in [2.75, 3.05) is 18.4 Å². The first kappa shape index (κ1) is 18.6. The molecule has 1 aliphatic carbocycles. The highest BCUT2D eigenvalue weighted by molar-refractivity contribution is 6.30. The highest BCUT2D eigenvalue weighted by Gasteiger charge is 2.42. The highest BCUT2D eigenvalue weighted by atomic mass is 35.5. The molecule has 3 rings (SSSR count).